The maximum atomic E-state index is 11.9. The van der Waals surface area contributed by atoms with Gasteiger partial charge in [0.1, 0.15) is 11.2 Å². The Bertz CT molecular complexity index is 547. The highest BCUT2D eigenvalue weighted by atomic mass is 16.5. The van der Waals surface area contributed by atoms with Gasteiger partial charge in [-0.1, -0.05) is 6.07 Å². The molecule has 3 heteroatoms. The van der Waals surface area contributed by atoms with E-state index in [4.69, 9.17) is 0 Å². The Morgan fingerprint density at radius 2 is 1.80 bits per heavy atom. The quantitative estimate of drug-likeness (QED) is 0.485. The van der Waals surface area contributed by atoms with Crippen molar-refractivity contribution in [2.75, 3.05) is 0 Å². The van der Waals surface area contributed by atoms with Gasteiger partial charge >= 0.3 is 0 Å². The average molecular weight is 202 g/mol. The number of rotatable bonds is 0. The van der Waals surface area contributed by atoms with E-state index < -0.39 is 0 Å². The summed E-state index contributed by atoms with van der Waals surface area (Å²) >= 11 is 0. The summed E-state index contributed by atoms with van der Waals surface area (Å²) in [6.07, 6.45) is 0. The Morgan fingerprint density at radius 3 is 2.47 bits per heavy atom. The largest absolute Gasteiger partial charge is 0.618 e. The minimum atomic E-state index is 0.663. The summed E-state index contributed by atoms with van der Waals surface area (Å²) < 4.78 is 0.970. The summed E-state index contributed by atoms with van der Waals surface area (Å²) in [4.78, 5) is 4.46. The topological polar surface area (TPSA) is 39.8 Å². The van der Waals surface area contributed by atoms with Crippen LogP contribution in [0.2, 0.25) is 0 Å². The van der Waals surface area contributed by atoms with Gasteiger partial charge in [0.15, 0.2) is 0 Å². The van der Waals surface area contributed by atoms with E-state index in [2.05, 4.69) is 4.98 Å². The molecular weight excluding hydrogens is 188 g/mol. The van der Waals surface area contributed by atoms with Gasteiger partial charge < -0.3 is 5.21 Å². The van der Waals surface area contributed by atoms with Crippen LogP contribution >= 0.6 is 0 Å². The summed E-state index contributed by atoms with van der Waals surface area (Å²) in [5.74, 6) is 0. The molecule has 78 valence electrons. The van der Waals surface area contributed by atoms with Gasteiger partial charge in [0, 0.05) is 13.0 Å². The van der Waals surface area contributed by atoms with Crippen LogP contribution in [0.5, 0.6) is 0 Å². The van der Waals surface area contributed by atoms with Gasteiger partial charge in [0.2, 0.25) is 11.2 Å². The van der Waals surface area contributed by atoms with Crippen LogP contribution in [-0.2, 0) is 0 Å². The molecule has 0 atom stereocenters. The Labute approximate surface area is 89.0 Å². The molecule has 2 rings (SSSR count). The first kappa shape index (κ1) is 9.90. The fraction of sp³-hybridized carbons (Fsp3) is 0.333. The maximum Gasteiger partial charge on any atom is 0.243 e. The minimum absolute atomic E-state index is 0.663. The minimum Gasteiger partial charge on any atom is -0.618 e. The van der Waals surface area contributed by atoms with Crippen LogP contribution in [0.1, 0.15) is 22.5 Å². The van der Waals surface area contributed by atoms with Crippen LogP contribution in [0.3, 0.4) is 0 Å². The smallest absolute Gasteiger partial charge is 0.243 e. The van der Waals surface area contributed by atoms with Crippen LogP contribution in [-0.4, -0.2) is 4.98 Å². The standard InChI is InChI=1S/C12H14N2O/c1-7-5-8(2)12-11(6-7)14(15)10(4)9(3)13-12/h5-6H,1-4H3. The highest BCUT2D eigenvalue weighted by Gasteiger charge is 2.13. The van der Waals surface area contributed by atoms with Crippen molar-refractivity contribution in [2.45, 2.75) is 27.7 Å². The van der Waals surface area contributed by atoms with Gasteiger partial charge in [-0.3, -0.25) is 0 Å². The van der Waals surface area contributed by atoms with Gasteiger partial charge in [-0.25, -0.2) is 4.98 Å². The summed E-state index contributed by atoms with van der Waals surface area (Å²) in [5.41, 5.74) is 5.08. The molecule has 0 N–H and O–H groups in total. The Balaban J connectivity index is 2.98. The fourth-order valence-corrected chi connectivity index (χ4v) is 1.81. The van der Waals surface area contributed by atoms with E-state index in [0.29, 0.717) is 11.2 Å². The van der Waals surface area contributed by atoms with E-state index in [9.17, 15) is 5.21 Å². The SMILES string of the molecule is Cc1cc(C)c2nc(C)c(C)[n+]([O-])c2c1. The second kappa shape index (κ2) is 3.19. The molecule has 0 saturated heterocycles. The molecule has 0 aliphatic rings. The molecule has 15 heavy (non-hydrogen) atoms. The molecule has 0 amide bonds. The zero-order valence-corrected chi connectivity index (χ0v) is 9.46. The summed E-state index contributed by atoms with van der Waals surface area (Å²) in [6, 6.07) is 3.93. The van der Waals surface area contributed by atoms with E-state index in [1.807, 2.05) is 32.9 Å². The second-order valence-corrected chi connectivity index (χ2v) is 4.03. The van der Waals surface area contributed by atoms with Crippen molar-refractivity contribution < 1.29 is 4.73 Å². The molecule has 0 fully saturated rings. The van der Waals surface area contributed by atoms with E-state index in [0.717, 1.165) is 27.1 Å². The molecule has 0 spiro atoms. The normalized spacial score (nSPS) is 10.9. The van der Waals surface area contributed by atoms with Gasteiger partial charge in [0.05, 0.1) is 0 Å². The lowest BCUT2D eigenvalue weighted by Gasteiger charge is -2.08. The molecular formula is C12H14N2O. The molecule has 3 nitrogen and oxygen atoms in total. The fourth-order valence-electron chi connectivity index (χ4n) is 1.81. The van der Waals surface area contributed by atoms with Gasteiger partial charge in [-0.15, -0.1) is 0 Å². The van der Waals surface area contributed by atoms with Crippen LogP contribution in [0.4, 0.5) is 0 Å². The maximum absolute atomic E-state index is 11.9. The third-order valence-electron chi connectivity index (χ3n) is 2.75. The van der Waals surface area contributed by atoms with E-state index in [-0.39, 0.29) is 0 Å². The van der Waals surface area contributed by atoms with Crippen molar-refractivity contribution in [3.05, 3.63) is 39.9 Å². The number of hydrogen-bond donors (Lipinski definition) is 0. The number of benzene rings is 1. The van der Waals surface area contributed by atoms with Crippen molar-refractivity contribution in [3.63, 3.8) is 0 Å². The first-order valence-electron chi connectivity index (χ1n) is 4.98. The predicted molar refractivity (Wildman–Crippen MR) is 59.7 cm³/mol. The summed E-state index contributed by atoms with van der Waals surface area (Å²) in [7, 11) is 0. The molecule has 0 saturated carbocycles. The highest BCUT2D eigenvalue weighted by Crippen LogP contribution is 2.16. The number of hydrogen-bond acceptors (Lipinski definition) is 2. The first-order chi connectivity index (χ1) is 7.00. The Kier molecular flexibility index (Phi) is 2.11. The van der Waals surface area contributed by atoms with Crippen molar-refractivity contribution in [1.82, 2.24) is 4.98 Å². The van der Waals surface area contributed by atoms with Gasteiger partial charge in [0.25, 0.3) is 0 Å². The van der Waals surface area contributed by atoms with Gasteiger partial charge in [-0.2, -0.15) is 4.73 Å². The van der Waals surface area contributed by atoms with Crippen molar-refractivity contribution in [1.29, 1.82) is 0 Å². The van der Waals surface area contributed by atoms with Crippen molar-refractivity contribution in [3.8, 4) is 0 Å². The molecule has 1 heterocycles. The van der Waals surface area contributed by atoms with Crippen molar-refractivity contribution >= 4 is 11.0 Å². The number of nitrogens with zero attached hydrogens (tertiary/aromatic N) is 2. The van der Waals surface area contributed by atoms with Crippen LogP contribution in [0.15, 0.2) is 12.1 Å². The second-order valence-electron chi connectivity index (χ2n) is 4.03. The molecule has 0 radical (unpaired) electrons. The number of aromatic nitrogens is 2. The zero-order chi connectivity index (χ0) is 11.2. The van der Waals surface area contributed by atoms with E-state index in [1.54, 1.807) is 6.92 Å². The number of aryl methyl sites for hydroxylation is 3. The van der Waals surface area contributed by atoms with Crippen LogP contribution in [0.25, 0.3) is 11.0 Å². The molecule has 0 aliphatic carbocycles. The molecule has 0 aliphatic heterocycles. The summed E-state index contributed by atoms with van der Waals surface area (Å²) in [6.45, 7) is 7.63. The molecule has 0 unspecified atom stereocenters. The third kappa shape index (κ3) is 1.44. The lowest BCUT2D eigenvalue weighted by molar-refractivity contribution is -0.585. The lowest BCUT2D eigenvalue weighted by atomic mass is 10.1. The van der Waals surface area contributed by atoms with Crippen LogP contribution < -0.4 is 4.73 Å². The predicted octanol–water partition coefficient (Wildman–Crippen LogP) is 2.10. The van der Waals surface area contributed by atoms with Crippen LogP contribution in [0, 0.1) is 32.9 Å². The van der Waals surface area contributed by atoms with E-state index >= 15 is 0 Å². The lowest BCUT2D eigenvalue weighted by Crippen LogP contribution is -2.33. The molecule has 0 bridgehead atoms. The molecule has 2 aromatic rings. The number of fused-ring (bicyclic) bond motifs is 1. The highest BCUT2D eigenvalue weighted by molar-refractivity contribution is 5.76. The molecule has 1 aromatic carbocycles. The zero-order valence-electron chi connectivity index (χ0n) is 9.46. The third-order valence-corrected chi connectivity index (χ3v) is 2.75. The molecule has 1 aromatic heterocycles. The van der Waals surface area contributed by atoms with E-state index in [1.165, 1.54) is 0 Å². The van der Waals surface area contributed by atoms with Gasteiger partial charge in [-0.05, 0) is 31.9 Å². The Morgan fingerprint density at radius 1 is 1.13 bits per heavy atom. The average Bonchev–Trinajstić information content (AvgIpc) is 2.17. The summed E-state index contributed by atoms with van der Waals surface area (Å²) in [5, 5.41) is 11.9. The van der Waals surface area contributed by atoms with Crippen molar-refractivity contribution in [2.24, 2.45) is 0 Å². The first-order valence-corrected chi connectivity index (χ1v) is 4.98. The monoisotopic (exact) mass is 202 g/mol. The Hall–Kier alpha value is -1.64.